The van der Waals surface area contributed by atoms with E-state index in [1.165, 1.54) is 0 Å². The minimum Gasteiger partial charge on any atom is -0.464 e. The molecule has 0 fully saturated rings. The Morgan fingerprint density at radius 3 is 2.62 bits per heavy atom. The largest absolute Gasteiger partial charge is 0.464 e. The Bertz CT molecular complexity index is 769. The molecule has 26 heavy (non-hydrogen) atoms. The van der Waals surface area contributed by atoms with Crippen molar-refractivity contribution in [2.24, 2.45) is 18.7 Å². The van der Waals surface area contributed by atoms with Gasteiger partial charge in [-0.1, -0.05) is 38.5 Å². The van der Waals surface area contributed by atoms with Crippen molar-refractivity contribution in [3.63, 3.8) is 0 Å². The summed E-state index contributed by atoms with van der Waals surface area (Å²) >= 11 is 0. The van der Waals surface area contributed by atoms with Gasteiger partial charge in [0.05, 0.1) is 12.6 Å². The molecule has 2 aromatic rings. The number of amides is 1. The molecule has 0 aliphatic rings. The van der Waals surface area contributed by atoms with E-state index in [4.69, 9.17) is 10.5 Å². The van der Waals surface area contributed by atoms with E-state index >= 15 is 0 Å². The Balaban J connectivity index is 2.24. The molecule has 3 N–H and O–H groups in total. The van der Waals surface area contributed by atoms with E-state index < -0.39 is 18.1 Å². The molecule has 0 aliphatic carbocycles. The van der Waals surface area contributed by atoms with Crippen LogP contribution in [-0.2, 0) is 27.8 Å². The molecule has 0 unspecified atom stereocenters. The number of benzene rings is 1. The predicted molar refractivity (Wildman–Crippen MR) is 103 cm³/mol. The summed E-state index contributed by atoms with van der Waals surface area (Å²) in [4.78, 5) is 24.9. The first-order valence-electron chi connectivity index (χ1n) is 9.14. The van der Waals surface area contributed by atoms with Crippen molar-refractivity contribution in [1.29, 1.82) is 0 Å². The van der Waals surface area contributed by atoms with Gasteiger partial charge in [0.2, 0.25) is 5.91 Å². The summed E-state index contributed by atoms with van der Waals surface area (Å²) < 4.78 is 7.17. The van der Waals surface area contributed by atoms with Gasteiger partial charge in [0.1, 0.15) is 6.04 Å². The van der Waals surface area contributed by atoms with Crippen LogP contribution in [0.5, 0.6) is 0 Å². The molecule has 1 heterocycles. The molecule has 0 saturated heterocycles. The Hall–Kier alpha value is -2.34. The smallest absolute Gasteiger partial charge is 0.328 e. The topological polar surface area (TPSA) is 86.3 Å². The van der Waals surface area contributed by atoms with Crippen LogP contribution in [0.3, 0.4) is 0 Å². The molecule has 3 atom stereocenters. The summed E-state index contributed by atoms with van der Waals surface area (Å²) in [5.41, 5.74) is 8.07. The van der Waals surface area contributed by atoms with Crippen molar-refractivity contribution in [2.75, 3.05) is 6.61 Å². The van der Waals surface area contributed by atoms with Crippen LogP contribution in [0.2, 0.25) is 0 Å². The number of aromatic nitrogens is 1. The van der Waals surface area contributed by atoms with Crippen LogP contribution < -0.4 is 11.1 Å². The number of carbonyl (C=O) groups is 2. The Morgan fingerprint density at radius 2 is 1.96 bits per heavy atom. The second kappa shape index (κ2) is 8.85. The number of nitrogens with two attached hydrogens (primary N) is 1. The first-order chi connectivity index (χ1) is 12.4. The summed E-state index contributed by atoms with van der Waals surface area (Å²) in [6.07, 6.45) is 3.14. The van der Waals surface area contributed by atoms with Gasteiger partial charge in [-0.2, -0.15) is 0 Å². The van der Waals surface area contributed by atoms with Gasteiger partial charge in [-0.05, 0) is 24.5 Å². The van der Waals surface area contributed by atoms with Crippen molar-refractivity contribution >= 4 is 22.8 Å². The molecule has 142 valence electrons. The molecular formula is C20H29N3O3. The summed E-state index contributed by atoms with van der Waals surface area (Å²) in [6, 6.07) is 6.56. The minimum atomic E-state index is -0.761. The minimum absolute atomic E-state index is 0.0374. The molecule has 0 radical (unpaired) electrons. The van der Waals surface area contributed by atoms with Crippen molar-refractivity contribution in [3.05, 3.63) is 36.0 Å². The third kappa shape index (κ3) is 4.43. The zero-order valence-electron chi connectivity index (χ0n) is 16.0. The zero-order chi connectivity index (χ0) is 19.3. The lowest BCUT2D eigenvalue weighted by atomic mass is 9.98. The van der Waals surface area contributed by atoms with Gasteiger partial charge in [0.15, 0.2) is 0 Å². The number of esters is 1. The van der Waals surface area contributed by atoms with E-state index in [2.05, 4.69) is 5.32 Å². The summed E-state index contributed by atoms with van der Waals surface area (Å²) in [7, 11) is 1.96. The Kier molecular flexibility index (Phi) is 6.80. The molecule has 0 aliphatic heterocycles. The highest BCUT2D eigenvalue weighted by Crippen LogP contribution is 2.22. The zero-order valence-corrected chi connectivity index (χ0v) is 16.0. The van der Waals surface area contributed by atoms with E-state index in [0.717, 1.165) is 22.9 Å². The van der Waals surface area contributed by atoms with Gasteiger partial charge >= 0.3 is 5.97 Å². The van der Waals surface area contributed by atoms with E-state index in [1.54, 1.807) is 6.92 Å². The van der Waals surface area contributed by atoms with Crippen molar-refractivity contribution in [2.45, 2.75) is 45.7 Å². The maximum Gasteiger partial charge on any atom is 0.328 e. The molecule has 6 nitrogen and oxygen atoms in total. The van der Waals surface area contributed by atoms with Crippen LogP contribution in [0.4, 0.5) is 0 Å². The first kappa shape index (κ1) is 20.0. The number of carbonyl (C=O) groups excluding carboxylic acids is 2. The highest BCUT2D eigenvalue weighted by Gasteiger charge is 2.28. The van der Waals surface area contributed by atoms with Gasteiger partial charge in [-0.3, -0.25) is 4.79 Å². The molecule has 0 saturated carbocycles. The van der Waals surface area contributed by atoms with Crippen LogP contribution in [0.25, 0.3) is 10.9 Å². The maximum absolute atomic E-state index is 12.5. The van der Waals surface area contributed by atoms with Crippen LogP contribution in [0.15, 0.2) is 30.5 Å². The average molecular weight is 359 g/mol. The lowest BCUT2D eigenvalue weighted by molar-refractivity contribution is -0.147. The Labute approximate surface area is 154 Å². The molecule has 2 rings (SSSR count). The number of hydrogen-bond donors (Lipinski definition) is 2. The summed E-state index contributed by atoms with van der Waals surface area (Å²) in [5, 5.41) is 3.85. The van der Waals surface area contributed by atoms with Crippen molar-refractivity contribution < 1.29 is 14.3 Å². The first-order valence-corrected chi connectivity index (χ1v) is 9.14. The third-order valence-corrected chi connectivity index (χ3v) is 4.85. The maximum atomic E-state index is 12.5. The number of ether oxygens (including phenoxy) is 1. The molecule has 6 heteroatoms. The predicted octanol–water partition coefficient (Wildman–Crippen LogP) is 2.14. The highest BCUT2D eigenvalue weighted by molar-refractivity contribution is 5.89. The molecule has 1 amide bonds. The van der Waals surface area contributed by atoms with E-state index in [0.29, 0.717) is 6.42 Å². The Morgan fingerprint density at radius 1 is 1.27 bits per heavy atom. The number of rotatable bonds is 8. The number of nitrogens with one attached hydrogen (secondary N) is 1. The molecule has 0 bridgehead atoms. The van der Waals surface area contributed by atoms with E-state index in [1.807, 2.05) is 55.9 Å². The fraction of sp³-hybridized carbons (Fsp3) is 0.500. The van der Waals surface area contributed by atoms with Crippen LogP contribution >= 0.6 is 0 Å². The normalized spacial score (nSPS) is 14.7. The number of nitrogens with zero attached hydrogens (tertiary/aromatic N) is 1. The quantitative estimate of drug-likeness (QED) is 0.707. The van der Waals surface area contributed by atoms with Crippen LogP contribution in [-0.4, -0.2) is 35.1 Å². The number of para-hydroxylation sites is 1. The van der Waals surface area contributed by atoms with Crippen molar-refractivity contribution in [1.82, 2.24) is 9.88 Å². The van der Waals surface area contributed by atoms with Gasteiger partial charge in [-0.15, -0.1) is 0 Å². The van der Waals surface area contributed by atoms with Gasteiger partial charge in [-0.25, -0.2) is 4.79 Å². The lowest BCUT2D eigenvalue weighted by Gasteiger charge is -2.22. The lowest BCUT2D eigenvalue weighted by Crippen LogP contribution is -2.51. The highest BCUT2D eigenvalue weighted by atomic mass is 16.5. The monoisotopic (exact) mass is 359 g/mol. The summed E-state index contributed by atoms with van der Waals surface area (Å²) in [6.45, 7) is 5.92. The molecular weight excluding hydrogens is 330 g/mol. The number of aryl methyl sites for hydroxylation is 1. The second-order valence-corrected chi connectivity index (χ2v) is 6.71. The fourth-order valence-electron chi connectivity index (χ4n) is 3.02. The molecule has 0 spiro atoms. The summed E-state index contributed by atoms with van der Waals surface area (Å²) in [5.74, 6) is -0.724. The molecule has 1 aromatic carbocycles. The van der Waals surface area contributed by atoms with Crippen molar-refractivity contribution in [3.8, 4) is 0 Å². The van der Waals surface area contributed by atoms with E-state index in [-0.39, 0.29) is 18.4 Å². The van der Waals surface area contributed by atoms with E-state index in [9.17, 15) is 9.59 Å². The second-order valence-electron chi connectivity index (χ2n) is 6.71. The molecule has 1 aromatic heterocycles. The van der Waals surface area contributed by atoms with Gasteiger partial charge < -0.3 is 20.4 Å². The third-order valence-electron chi connectivity index (χ3n) is 4.85. The fourth-order valence-corrected chi connectivity index (χ4v) is 3.02. The van der Waals surface area contributed by atoms with Gasteiger partial charge in [0, 0.05) is 30.6 Å². The SMILES string of the molecule is CCOC(=O)[C@@H](Cc1cn(C)c2ccccc12)NC(=O)[C@@H](N)[C@@H](C)CC. The number of fused-ring (bicyclic) bond motifs is 1. The van der Waals surface area contributed by atoms with Gasteiger partial charge in [0.25, 0.3) is 0 Å². The van der Waals surface area contributed by atoms with Crippen LogP contribution in [0.1, 0.15) is 32.8 Å². The number of hydrogen-bond acceptors (Lipinski definition) is 4. The standard InChI is InChI=1S/C20H29N3O3/c1-5-13(3)18(21)19(24)22-16(20(25)26-6-2)11-14-12-23(4)17-10-8-7-9-15(14)17/h7-10,12-13,16,18H,5-6,11,21H2,1-4H3,(H,22,24)/t13-,16+,18-/m0/s1. The van der Waals surface area contributed by atoms with Crippen LogP contribution in [0, 0.1) is 5.92 Å². The average Bonchev–Trinajstić information content (AvgIpc) is 2.96.